The summed E-state index contributed by atoms with van der Waals surface area (Å²) in [7, 11) is 1.45. The van der Waals surface area contributed by atoms with Gasteiger partial charge in [-0.1, -0.05) is 0 Å². The fourth-order valence-electron chi connectivity index (χ4n) is 2.22. The van der Waals surface area contributed by atoms with Crippen LogP contribution in [-0.2, 0) is 17.4 Å². The first kappa shape index (κ1) is 15.2. The number of rotatable bonds is 4. The number of alkyl halides is 3. The van der Waals surface area contributed by atoms with Crippen LogP contribution in [0.3, 0.4) is 0 Å². The van der Waals surface area contributed by atoms with Gasteiger partial charge in [0.1, 0.15) is 11.4 Å². The first-order valence-corrected chi connectivity index (χ1v) is 6.33. The number of carbonyl (C=O) groups excluding carboxylic acids is 1. The SMILES string of the molecule is COc1ccc2[nH]c(C(F)(F)F)c(CCNC(C)=O)c2c1. The second-order valence-electron chi connectivity index (χ2n) is 4.62. The van der Waals surface area contributed by atoms with Gasteiger partial charge in [-0.15, -0.1) is 0 Å². The predicted molar refractivity (Wildman–Crippen MR) is 72.2 cm³/mol. The van der Waals surface area contributed by atoms with E-state index < -0.39 is 11.9 Å². The lowest BCUT2D eigenvalue weighted by atomic mass is 10.1. The monoisotopic (exact) mass is 300 g/mol. The summed E-state index contributed by atoms with van der Waals surface area (Å²) in [5, 5.41) is 2.96. The number of benzene rings is 1. The molecule has 0 saturated carbocycles. The number of aromatic nitrogens is 1. The number of carbonyl (C=O) groups is 1. The zero-order chi connectivity index (χ0) is 15.6. The summed E-state index contributed by atoms with van der Waals surface area (Å²) in [6, 6.07) is 4.70. The van der Waals surface area contributed by atoms with Crippen LogP contribution in [0.15, 0.2) is 18.2 Å². The van der Waals surface area contributed by atoms with E-state index in [-0.39, 0.29) is 24.4 Å². The van der Waals surface area contributed by atoms with Crippen LogP contribution >= 0.6 is 0 Å². The first-order chi connectivity index (χ1) is 9.82. The second-order valence-corrected chi connectivity index (χ2v) is 4.62. The van der Waals surface area contributed by atoms with Gasteiger partial charge in [0.2, 0.25) is 5.91 Å². The molecule has 2 aromatic rings. The van der Waals surface area contributed by atoms with Gasteiger partial charge in [-0.3, -0.25) is 4.79 Å². The van der Waals surface area contributed by atoms with Crippen LogP contribution in [-0.4, -0.2) is 24.5 Å². The average molecular weight is 300 g/mol. The Balaban J connectivity index is 2.47. The van der Waals surface area contributed by atoms with Crippen molar-refractivity contribution in [3.63, 3.8) is 0 Å². The summed E-state index contributed by atoms with van der Waals surface area (Å²) in [5.74, 6) is 0.206. The number of aromatic amines is 1. The number of hydrogen-bond acceptors (Lipinski definition) is 2. The lowest BCUT2D eigenvalue weighted by molar-refractivity contribution is -0.141. The van der Waals surface area contributed by atoms with Crippen molar-refractivity contribution in [2.45, 2.75) is 19.5 Å². The van der Waals surface area contributed by atoms with Crippen molar-refractivity contribution in [1.82, 2.24) is 10.3 Å². The average Bonchev–Trinajstić information content (AvgIpc) is 2.76. The Morgan fingerprint density at radius 3 is 2.67 bits per heavy atom. The zero-order valence-electron chi connectivity index (χ0n) is 11.6. The molecule has 0 atom stereocenters. The zero-order valence-corrected chi connectivity index (χ0v) is 11.6. The molecule has 0 spiro atoms. The quantitative estimate of drug-likeness (QED) is 0.912. The molecule has 0 saturated heterocycles. The number of H-pyrrole nitrogens is 1. The Kier molecular flexibility index (Phi) is 4.11. The number of hydrogen-bond donors (Lipinski definition) is 2. The van der Waals surface area contributed by atoms with Gasteiger partial charge in [0.25, 0.3) is 0 Å². The molecule has 0 bridgehead atoms. The van der Waals surface area contributed by atoms with Gasteiger partial charge in [-0.25, -0.2) is 0 Å². The minimum atomic E-state index is -4.47. The Bertz CT molecular complexity index is 662. The minimum Gasteiger partial charge on any atom is -0.497 e. The summed E-state index contributed by atoms with van der Waals surface area (Å²) in [4.78, 5) is 13.3. The molecule has 0 aliphatic heterocycles. The molecule has 7 heteroatoms. The number of halogens is 3. The molecule has 2 N–H and O–H groups in total. The van der Waals surface area contributed by atoms with E-state index in [1.165, 1.54) is 14.0 Å². The largest absolute Gasteiger partial charge is 0.497 e. The van der Waals surface area contributed by atoms with Gasteiger partial charge in [0, 0.05) is 24.4 Å². The highest BCUT2D eigenvalue weighted by Crippen LogP contribution is 2.36. The first-order valence-electron chi connectivity index (χ1n) is 6.33. The van der Waals surface area contributed by atoms with Crippen molar-refractivity contribution < 1.29 is 22.7 Å². The fourth-order valence-corrected chi connectivity index (χ4v) is 2.22. The number of methoxy groups -OCH3 is 1. The van der Waals surface area contributed by atoms with Crippen molar-refractivity contribution in [1.29, 1.82) is 0 Å². The molecule has 1 amide bonds. The molecule has 0 fully saturated rings. The van der Waals surface area contributed by atoms with Gasteiger partial charge >= 0.3 is 6.18 Å². The summed E-state index contributed by atoms with van der Waals surface area (Å²) < 4.78 is 44.4. The molecule has 1 aromatic carbocycles. The number of amides is 1. The molecule has 0 aliphatic carbocycles. The molecule has 0 radical (unpaired) electrons. The predicted octanol–water partition coefficient (Wildman–Crippen LogP) is 2.87. The number of ether oxygens (including phenoxy) is 1. The molecule has 4 nitrogen and oxygen atoms in total. The van der Waals surface area contributed by atoms with Crippen LogP contribution in [0.1, 0.15) is 18.2 Å². The number of fused-ring (bicyclic) bond motifs is 1. The Morgan fingerprint density at radius 2 is 2.10 bits per heavy atom. The van der Waals surface area contributed by atoms with Crippen molar-refractivity contribution in [3.05, 3.63) is 29.5 Å². The standard InChI is InChI=1S/C14H15F3N2O2/c1-8(20)18-6-5-10-11-7-9(21-2)3-4-12(11)19-13(10)14(15,16)17/h3-4,7,19H,5-6H2,1-2H3,(H,18,20). The van der Waals surface area contributed by atoms with Crippen molar-refractivity contribution in [2.75, 3.05) is 13.7 Å². The maximum atomic E-state index is 13.1. The summed E-state index contributed by atoms with van der Waals surface area (Å²) in [6.45, 7) is 1.46. The van der Waals surface area contributed by atoms with Gasteiger partial charge in [0.15, 0.2) is 0 Å². The summed E-state index contributed by atoms with van der Waals surface area (Å²) in [6.07, 6.45) is -4.39. The van der Waals surface area contributed by atoms with Crippen LogP contribution < -0.4 is 10.1 Å². The smallest absolute Gasteiger partial charge is 0.431 e. The van der Waals surface area contributed by atoms with Crippen LogP contribution in [0.25, 0.3) is 10.9 Å². The van der Waals surface area contributed by atoms with Crippen LogP contribution in [0.5, 0.6) is 5.75 Å². The molecule has 2 rings (SSSR count). The van der Waals surface area contributed by atoms with E-state index in [1.807, 2.05) is 0 Å². The molecule has 1 heterocycles. The van der Waals surface area contributed by atoms with E-state index in [9.17, 15) is 18.0 Å². The van der Waals surface area contributed by atoms with Gasteiger partial charge in [-0.05, 0) is 30.2 Å². The lowest BCUT2D eigenvalue weighted by Gasteiger charge is -2.09. The molecule has 1 aromatic heterocycles. The normalized spacial score (nSPS) is 11.7. The Hall–Kier alpha value is -2.18. The highest BCUT2D eigenvalue weighted by molar-refractivity contribution is 5.86. The van der Waals surface area contributed by atoms with Crippen LogP contribution in [0, 0.1) is 0 Å². The second kappa shape index (κ2) is 5.67. The summed E-state index contributed by atoms with van der Waals surface area (Å²) in [5.41, 5.74) is -0.262. The van der Waals surface area contributed by atoms with Gasteiger partial charge < -0.3 is 15.0 Å². The van der Waals surface area contributed by atoms with E-state index >= 15 is 0 Å². The van der Waals surface area contributed by atoms with E-state index in [4.69, 9.17) is 4.74 Å². The maximum Gasteiger partial charge on any atom is 0.431 e. The molecular weight excluding hydrogens is 285 g/mol. The third-order valence-corrected chi connectivity index (χ3v) is 3.15. The van der Waals surface area contributed by atoms with Crippen molar-refractivity contribution >= 4 is 16.8 Å². The minimum absolute atomic E-state index is 0.0849. The van der Waals surface area contributed by atoms with Crippen molar-refractivity contribution in [3.8, 4) is 5.75 Å². The highest BCUT2D eigenvalue weighted by Gasteiger charge is 2.36. The van der Waals surface area contributed by atoms with Gasteiger partial charge in [-0.2, -0.15) is 13.2 Å². The van der Waals surface area contributed by atoms with Gasteiger partial charge in [0.05, 0.1) is 7.11 Å². The maximum absolute atomic E-state index is 13.1. The summed E-state index contributed by atoms with van der Waals surface area (Å²) >= 11 is 0. The molecular formula is C14H15F3N2O2. The number of nitrogens with one attached hydrogen (secondary N) is 2. The molecule has 114 valence electrons. The molecule has 0 aliphatic rings. The van der Waals surface area contributed by atoms with E-state index in [0.717, 1.165) is 0 Å². The van der Waals surface area contributed by atoms with Crippen LogP contribution in [0.4, 0.5) is 13.2 Å². The van der Waals surface area contributed by atoms with E-state index in [1.54, 1.807) is 18.2 Å². The lowest BCUT2D eigenvalue weighted by Crippen LogP contribution is -2.23. The molecule has 0 unspecified atom stereocenters. The Labute approximate surface area is 119 Å². The third-order valence-electron chi connectivity index (χ3n) is 3.15. The van der Waals surface area contributed by atoms with Crippen molar-refractivity contribution in [2.24, 2.45) is 0 Å². The molecule has 21 heavy (non-hydrogen) atoms. The Morgan fingerprint density at radius 1 is 1.38 bits per heavy atom. The topological polar surface area (TPSA) is 54.1 Å². The third kappa shape index (κ3) is 3.29. The fraction of sp³-hybridized carbons (Fsp3) is 0.357. The highest BCUT2D eigenvalue weighted by atomic mass is 19.4. The van der Waals surface area contributed by atoms with Crippen LogP contribution in [0.2, 0.25) is 0 Å². The van der Waals surface area contributed by atoms with E-state index in [2.05, 4.69) is 10.3 Å². The van der Waals surface area contributed by atoms with E-state index in [0.29, 0.717) is 16.7 Å².